The molecule has 0 radical (unpaired) electrons. The molecule has 3 heterocycles. The number of amides is 1. The van der Waals surface area contributed by atoms with Crippen molar-refractivity contribution in [1.29, 1.82) is 0 Å². The number of hydrogen-bond acceptors (Lipinski definition) is 6. The van der Waals surface area contributed by atoms with Crippen molar-refractivity contribution in [2.75, 3.05) is 23.3 Å². The molecule has 1 N–H and O–H groups in total. The number of aromatic nitrogens is 4. The molecule has 8 heteroatoms. The predicted octanol–water partition coefficient (Wildman–Crippen LogP) is 2.77. The monoisotopic (exact) mass is 392 g/mol. The van der Waals surface area contributed by atoms with E-state index < -0.39 is 6.04 Å². The van der Waals surface area contributed by atoms with Crippen molar-refractivity contribution in [3.05, 3.63) is 53.2 Å². The summed E-state index contributed by atoms with van der Waals surface area (Å²) in [4.78, 5) is 41.1. The average molecular weight is 392 g/mol. The molecular formula is C21H24N6O2. The Hall–Kier alpha value is -3.29. The fourth-order valence-corrected chi connectivity index (χ4v) is 3.65. The first-order valence-corrected chi connectivity index (χ1v) is 10.0. The van der Waals surface area contributed by atoms with E-state index in [0.29, 0.717) is 29.1 Å². The number of benzene rings is 1. The SMILES string of the molecule is CC[C@@H](C(=O)Nc1ccccc1)n1cnc2nc(N3CCCCC3)ncc2c1=O. The van der Waals surface area contributed by atoms with Gasteiger partial charge in [-0.2, -0.15) is 4.98 Å². The Morgan fingerprint density at radius 1 is 1.14 bits per heavy atom. The van der Waals surface area contributed by atoms with E-state index in [1.165, 1.54) is 23.5 Å². The largest absolute Gasteiger partial charge is 0.341 e. The summed E-state index contributed by atoms with van der Waals surface area (Å²) in [7, 11) is 0. The number of anilines is 2. The van der Waals surface area contributed by atoms with Gasteiger partial charge in [-0.1, -0.05) is 25.1 Å². The molecule has 1 fully saturated rings. The third-order valence-electron chi connectivity index (χ3n) is 5.23. The molecule has 0 unspecified atom stereocenters. The Bertz CT molecular complexity index is 1060. The first kappa shape index (κ1) is 19.0. The minimum Gasteiger partial charge on any atom is -0.341 e. The molecule has 1 aromatic carbocycles. The van der Waals surface area contributed by atoms with Crippen LogP contribution >= 0.6 is 0 Å². The second kappa shape index (κ2) is 8.38. The summed E-state index contributed by atoms with van der Waals surface area (Å²) in [6.45, 7) is 3.70. The van der Waals surface area contributed by atoms with Gasteiger partial charge in [0.05, 0.1) is 0 Å². The number of para-hydroxylation sites is 1. The van der Waals surface area contributed by atoms with Gasteiger partial charge in [-0.05, 0) is 37.8 Å². The first-order chi connectivity index (χ1) is 14.2. The summed E-state index contributed by atoms with van der Waals surface area (Å²) >= 11 is 0. The second-order valence-electron chi connectivity index (χ2n) is 7.19. The summed E-state index contributed by atoms with van der Waals surface area (Å²) in [6, 6.07) is 8.52. The number of fused-ring (bicyclic) bond motifs is 1. The van der Waals surface area contributed by atoms with Gasteiger partial charge in [-0.25, -0.2) is 9.97 Å². The number of nitrogens with one attached hydrogen (secondary N) is 1. The van der Waals surface area contributed by atoms with Crippen LogP contribution in [0, 0.1) is 0 Å². The summed E-state index contributed by atoms with van der Waals surface area (Å²) < 4.78 is 1.37. The van der Waals surface area contributed by atoms with Crippen LogP contribution in [0.25, 0.3) is 11.0 Å². The van der Waals surface area contributed by atoms with Crippen LogP contribution in [0.15, 0.2) is 47.7 Å². The van der Waals surface area contributed by atoms with Gasteiger partial charge in [0, 0.05) is 25.0 Å². The first-order valence-electron chi connectivity index (χ1n) is 10.0. The molecular weight excluding hydrogens is 368 g/mol. The minimum absolute atomic E-state index is 0.257. The van der Waals surface area contributed by atoms with E-state index >= 15 is 0 Å². The van der Waals surface area contributed by atoms with Gasteiger partial charge in [-0.3, -0.25) is 14.2 Å². The molecule has 29 heavy (non-hydrogen) atoms. The molecule has 1 saturated heterocycles. The van der Waals surface area contributed by atoms with E-state index in [2.05, 4.69) is 25.2 Å². The van der Waals surface area contributed by atoms with E-state index in [1.807, 2.05) is 37.3 Å². The average Bonchev–Trinajstić information content (AvgIpc) is 2.77. The van der Waals surface area contributed by atoms with E-state index in [4.69, 9.17) is 0 Å². The fourth-order valence-electron chi connectivity index (χ4n) is 3.65. The highest BCUT2D eigenvalue weighted by Gasteiger charge is 2.22. The van der Waals surface area contributed by atoms with Crippen molar-refractivity contribution >= 4 is 28.6 Å². The van der Waals surface area contributed by atoms with Crippen LogP contribution in [0.2, 0.25) is 0 Å². The van der Waals surface area contributed by atoms with Gasteiger partial charge in [0.25, 0.3) is 5.56 Å². The lowest BCUT2D eigenvalue weighted by molar-refractivity contribution is -0.119. The van der Waals surface area contributed by atoms with Gasteiger partial charge in [-0.15, -0.1) is 0 Å². The Morgan fingerprint density at radius 3 is 2.62 bits per heavy atom. The number of rotatable bonds is 5. The molecule has 1 aliphatic heterocycles. The Morgan fingerprint density at radius 2 is 1.90 bits per heavy atom. The summed E-state index contributed by atoms with van der Waals surface area (Å²) in [6.07, 6.45) is 6.85. The maximum Gasteiger partial charge on any atom is 0.265 e. The highest BCUT2D eigenvalue weighted by Crippen LogP contribution is 2.18. The van der Waals surface area contributed by atoms with Gasteiger partial charge in [0.2, 0.25) is 11.9 Å². The maximum atomic E-state index is 13.0. The van der Waals surface area contributed by atoms with Crippen molar-refractivity contribution in [2.24, 2.45) is 0 Å². The highest BCUT2D eigenvalue weighted by molar-refractivity contribution is 5.93. The lowest BCUT2D eigenvalue weighted by Gasteiger charge is -2.26. The quantitative estimate of drug-likeness (QED) is 0.718. The van der Waals surface area contributed by atoms with Crippen molar-refractivity contribution in [1.82, 2.24) is 19.5 Å². The van der Waals surface area contributed by atoms with Crippen LogP contribution < -0.4 is 15.8 Å². The molecule has 3 aromatic rings. The molecule has 0 saturated carbocycles. The third kappa shape index (κ3) is 3.96. The van der Waals surface area contributed by atoms with Crippen LogP contribution in [0.1, 0.15) is 38.6 Å². The topological polar surface area (TPSA) is 93.0 Å². The Balaban J connectivity index is 1.63. The second-order valence-corrected chi connectivity index (χ2v) is 7.19. The normalized spacial score (nSPS) is 15.3. The van der Waals surface area contributed by atoms with Crippen LogP contribution in [0.4, 0.5) is 11.6 Å². The molecule has 2 aromatic heterocycles. The molecule has 0 aliphatic carbocycles. The summed E-state index contributed by atoms with van der Waals surface area (Å²) in [5.41, 5.74) is 0.739. The van der Waals surface area contributed by atoms with Crippen LogP contribution in [-0.4, -0.2) is 38.5 Å². The molecule has 1 atom stereocenters. The standard InChI is InChI=1S/C21H24N6O2/c1-2-17(19(28)24-15-9-5-3-6-10-15)27-14-23-18-16(20(27)29)13-22-21(25-18)26-11-7-4-8-12-26/h3,5-6,9-10,13-14,17H,2,4,7-8,11-12H2,1H3,(H,24,28)/t17-/m0/s1. The van der Waals surface area contributed by atoms with E-state index in [0.717, 1.165) is 25.9 Å². The lowest BCUT2D eigenvalue weighted by Crippen LogP contribution is -2.34. The van der Waals surface area contributed by atoms with Crippen LogP contribution in [0.5, 0.6) is 0 Å². The molecule has 1 amide bonds. The highest BCUT2D eigenvalue weighted by atomic mass is 16.2. The van der Waals surface area contributed by atoms with E-state index in [-0.39, 0.29) is 11.5 Å². The zero-order valence-corrected chi connectivity index (χ0v) is 16.4. The van der Waals surface area contributed by atoms with Crippen molar-refractivity contribution < 1.29 is 4.79 Å². The Labute approximate surface area is 168 Å². The van der Waals surface area contributed by atoms with E-state index in [1.54, 1.807) is 0 Å². The lowest BCUT2D eigenvalue weighted by atomic mass is 10.1. The molecule has 4 rings (SSSR count). The molecule has 8 nitrogen and oxygen atoms in total. The predicted molar refractivity (Wildman–Crippen MR) is 112 cm³/mol. The number of nitrogens with zero attached hydrogens (tertiary/aromatic N) is 5. The molecule has 0 bridgehead atoms. The van der Waals surface area contributed by atoms with Crippen molar-refractivity contribution in [2.45, 2.75) is 38.6 Å². The molecule has 0 spiro atoms. The number of piperidine rings is 1. The van der Waals surface area contributed by atoms with Crippen LogP contribution in [-0.2, 0) is 4.79 Å². The Kier molecular flexibility index (Phi) is 5.50. The summed E-state index contributed by atoms with van der Waals surface area (Å²) in [5, 5.41) is 3.17. The van der Waals surface area contributed by atoms with Crippen LogP contribution in [0.3, 0.4) is 0 Å². The van der Waals surface area contributed by atoms with Gasteiger partial charge in [0.1, 0.15) is 17.8 Å². The maximum absolute atomic E-state index is 13.0. The summed E-state index contributed by atoms with van der Waals surface area (Å²) in [5.74, 6) is 0.350. The number of hydrogen-bond donors (Lipinski definition) is 1. The number of carbonyl (C=O) groups excluding carboxylic acids is 1. The minimum atomic E-state index is -0.665. The van der Waals surface area contributed by atoms with Gasteiger partial charge in [0.15, 0.2) is 5.65 Å². The smallest absolute Gasteiger partial charge is 0.265 e. The van der Waals surface area contributed by atoms with E-state index in [9.17, 15) is 9.59 Å². The van der Waals surface area contributed by atoms with Gasteiger partial charge >= 0.3 is 0 Å². The molecule has 150 valence electrons. The zero-order valence-electron chi connectivity index (χ0n) is 16.4. The van der Waals surface area contributed by atoms with Crippen molar-refractivity contribution in [3.8, 4) is 0 Å². The van der Waals surface area contributed by atoms with Gasteiger partial charge < -0.3 is 10.2 Å². The number of carbonyl (C=O) groups is 1. The molecule has 1 aliphatic rings. The fraction of sp³-hybridized carbons (Fsp3) is 0.381. The third-order valence-corrected chi connectivity index (χ3v) is 5.23. The van der Waals surface area contributed by atoms with Crippen molar-refractivity contribution in [3.63, 3.8) is 0 Å². The zero-order chi connectivity index (χ0) is 20.2.